The number of hydrazone groups is 1. The molecule has 1 heterocycles. The average Bonchev–Trinajstić information content (AvgIpc) is 2.86. The lowest BCUT2D eigenvalue weighted by Crippen LogP contribution is -2.17. The molecule has 0 unspecified atom stereocenters. The predicted molar refractivity (Wildman–Crippen MR) is 87.2 cm³/mol. The van der Waals surface area contributed by atoms with Crippen LogP contribution < -0.4 is 5.43 Å². The van der Waals surface area contributed by atoms with E-state index in [4.69, 9.17) is 4.42 Å². The fraction of sp³-hybridized carbons (Fsp3) is 0.111. The number of hydrogen-bond acceptors (Lipinski definition) is 3. The van der Waals surface area contributed by atoms with Gasteiger partial charge < -0.3 is 4.42 Å². The quantitative estimate of drug-likeness (QED) is 0.589. The van der Waals surface area contributed by atoms with Gasteiger partial charge >= 0.3 is 0 Å². The second-order valence-electron chi connectivity index (χ2n) is 5.13. The molecule has 0 aliphatic carbocycles. The van der Waals surface area contributed by atoms with E-state index in [1.807, 2.05) is 43.3 Å². The number of fused-ring (bicyclic) bond motifs is 1. The van der Waals surface area contributed by atoms with Crippen LogP contribution in [0.1, 0.15) is 27.4 Å². The van der Waals surface area contributed by atoms with Crippen LogP contribution in [-0.4, -0.2) is 12.1 Å². The number of benzene rings is 2. The first-order valence-electron chi connectivity index (χ1n) is 7.03. The van der Waals surface area contributed by atoms with Crippen molar-refractivity contribution >= 4 is 22.9 Å². The Morgan fingerprint density at radius 2 is 1.86 bits per heavy atom. The molecule has 1 amide bonds. The standard InChI is InChI=1S/C18H16N2O2/c1-12-9-17(13(2)22-12)18(21)20-19-11-14-7-8-15-5-3-4-6-16(15)10-14/h3-11H,1-2H3,(H,20,21)/b19-11+. The van der Waals surface area contributed by atoms with Crippen LogP contribution in [0.4, 0.5) is 0 Å². The van der Waals surface area contributed by atoms with Crippen LogP contribution in [0.15, 0.2) is 58.0 Å². The molecule has 0 saturated heterocycles. The Balaban J connectivity index is 1.73. The zero-order valence-electron chi connectivity index (χ0n) is 12.5. The molecule has 2 aromatic carbocycles. The number of rotatable bonds is 3. The molecule has 0 fully saturated rings. The number of carbonyl (C=O) groups excluding carboxylic acids is 1. The van der Waals surface area contributed by atoms with Crippen LogP contribution in [-0.2, 0) is 0 Å². The van der Waals surface area contributed by atoms with E-state index in [0.717, 1.165) is 10.9 Å². The highest BCUT2D eigenvalue weighted by molar-refractivity contribution is 5.96. The maximum atomic E-state index is 12.0. The van der Waals surface area contributed by atoms with Gasteiger partial charge in [0.2, 0.25) is 0 Å². The van der Waals surface area contributed by atoms with Crippen LogP contribution in [0, 0.1) is 13.8 Å². The molecular formula is C18H16N2O2. The minimum absolute atomic E-state index is 0.272. The number of amides is 1. The molecular weight excluding hydrogens is 276 g/mol. The highest BCUT2D eigenvalue weighted by Gasteiger charge is 2.12. The summed E-state index contributed by atoms with van der Waals surface area (Å²) in [6, 6.07) is 15.8. The summed E-state index contributed by atoms with van der Waals surface area (Å²) >= 11 is 0. The van der Waals surface area contributed by atoms with E-state index in [1.54, 1.807) is 19.2 Å². The Morgan fingerprint density at radius 1 is 1.09 bits per heavy atom. The lowest BCUT2D eigenvalue weighted by atomic mass is 10.1. The predicted octanol–water partition coefficient (Wildman–Crippen LogP) is 3.81. The van der Waals surface area contributed by atoms with Gasteiger partial charge in [0.1, 0.15) is 11.5 Å². The van der Waals surface area contributed by atoms with Gasteiger partial charge in [-0.2, -0.15) is 5.10 Å². The van der Waals surface area contributed by atoms with Gasteiger partial charge in [-0.15, -0.1) is 0 Å². The van der Waals surface area contributed by atoms with Crippen molar-refractivity contribution in [2.45, 2.75) is 13.8 Å². The van der Waals surface area contributed by atoms with E-state index in [-0.39, 0.29) is 5.91 Å². The van der Waals surface area contributed by atoms with Crippen molar-refractivity contribution in [3.63, 3.8) is 0 Å². The fourth-order valence-electron chi connectivity index (χ4n) is 2.37. The van der Waals surface area contributed by atoms with Crippen molar-refractivity contribution in [1.29, 1.82) is 0 Å². The average molecular weight is 292 g/mol. The molecule has 0 saturated carbocycles. The first-order chi connectivity index (χ1) is 10.6. The molecule has 3 rings (SSSR count). The smallest absolute Gasteiger partial charge is 0.274 e. The number of carbonyl (C=O) groups is 1. The van der Waals surface area contributed by atoms with Gasteiger partial charge in [-0.25, -0.2) is 5.43 Å². The highest BCUT2D eigenvalue weighted by Crippen LogP contribution is 2.15. The van der Waals surface area contributed by atoms with E-state index in [2.05, 4.69) is 16.6 Å². The van der Waals surface area contributed by atoms with Crippen LogP contribution in [0.25, 0.3) is 10.8 Å². The summed E-state index contributed by atoms with van der Waals surface area (Å²) in [7, 11) is 0. The largest absolute Gasteiger partial charge is 0.466 e. The molecule has 0 aliphatic rings. The molecule has 22 heavy (non-hydrogen) atoms. The summed E-state index contributed by atoms with van der Waals surface area (Å²) in [5.41, 5.74) is 3.96. The van der Waals surface area contributed by atoms with E-state index in [0.29, 0.717) is 17.1 Å². The Hall–Kier alpha value is -2.88. The molecule has 0 spiro atoms. The van der Waals surface area contributed by atoms with Crippen molar-refractivity contribution in [1.82, 2.24) is 5.43 Å². The maximum Gasteiger partial charge on any atom is 0.274 e. The summed E-state index contributed by atoms with van der Waals surface area (Å²) < 4.78 is 5.34. The third kappa shape index (κ3) is 2.91. The minimum Gasteiger partial charge on any atom is -0.466 e. The van der Waals surface area contributed by atoms with Crippen LogP contribution in [0.2, 0.25) is 0 Å². The van der Waals surface area contributed by atoms with Crippen molar-refractivity contribution in [3.8, 4) is 0 Å². The van der Waals surface area contributed by atoms with E-state index in [1.165, 1.54) is 5.39 Å². The second-order valence-corrected chi connectivity index (χ2v) is 5.13. The molecule has 0 atom stereocenters. The highest BCUT2D eigenvalue weighted by atomic mass is 16.3. The van der Waals surface area contributed by atoms with Gasteiger partial charge in [-0.1, -0.05) is 36.4 Å². The fourth-order valence-corrected chi connectivity index (χ4v) is 2.37. The van der Waals surface area contributed by atoms with Crippen LogP contribution in [0.3, 0.4) is 0 Å². The first kappa shape index (κ1) is 14.1. The van der Waals surface area contributed by atoms with Gasteiger partial charge in [0, 0.05) is 0 Å². The van der Waals surface area contributed by atoms with Gasteiger partial charge in [0.05, 0.1) is 11.8 Å². The first-order valence-corrected chi connectivity index (χ1v) is 7.03. The summed E-state index contributed by atoms with van der Waals surface area (Å²) in [6.07, 6.45) is 1.63. The Labute approximate surface area is 128 Å². The van der Waals surface area contributed by atoms with Crippen molar-refractivity contribution < 1.29 is 9.21 Å². The number of nitrogens with zero attached hydrogens (tertiary/aromatic N) is 1. The van der Waals surface area contributed by atoms with Crippen molar-refractivity contribution in [2.24, 2.45) is 5.10 Å². The molecule has 0 radical (unpaired) electrons. The van der Waals surface area contributed by atoms with Gasteiger partial charge in [-0.3, -0.25) is 4.79 Å². The third-order valence-electron chi connectivity index (χ3n) is 3.44. The number of hydrogen-bond donors (Lipinski definition) is 1. The zero-order chi connectivity index (χ0) is 15.5. The van der Waals surface area contributed by atoms with E-state index in [9.17, 15) is 4.79 Å². The SMILES string of the molecule is Cc1cc(C(=O)N/N=C/c2ccc3ccccc3c2)c(C)o1. The lowest BCUT2D eigenvalue weighted by Gasteiger charge is -2.00. The maximum absolute atomic E-state index is 12.0. The van der Waals surface area contributed by atoms with Gasteiger partial charge in [0.25, 0.3) is 5.91 Å². The van der Waals surface area contributed by atoms with Gasteiger partial charge in [-0.05, 0) is 42.3 Å². The number of furan rings is 1. The van der Waals surface area contributed by atoms with Crippen LogP contribution in [0.5, 0.6) is 0 Å². The van der Waals surface area contributed by atoms with Crippen molar-refractivity contribution in [3.05, 3.63) is 71.2 Å². The van der Waals surface area contributed by atoms with Crippen LogP contribution >= 0.6 is 0 Å². The third-order valence-corrected chi connectivity index (χ3v) is 3.44. The van der Waals surface area contributed by atoms with E-state index < -0.39 is 0 Å². The summed E-state index contributed by atoms with van der Waals surface area (Å²) in [5.74, 6) is 1.03. The summed E-state index contributed by atoms with van der Waals surface area (Å²) in [4.78, 5) is 12.0. The molecule has 0 aliphatic heterocycles. The molecule has 0 bridgehead atoms. The number of aryl methyl sites for hydroxylation is 2. The zero-order valence-corrected chi connectivity index (χ0v) is 12.5. The van der Waals surface area contributed by atoms with Gasteiger partial charge in [0.15, 0.2) is 0 Å². The molecule has 110 valence electrons. The Kier molecular flexibility index (Phi) is 3.74. The monoisotopic (exact) mass is 292 g/mol. The minimum atomic E-state index is -0.272. The Bertz CT molecular complexity index is 862. The lowest BCUT2D eigenvalue weighted by molar-refractivity contribution is 0.0953. The summed E-state index contributed by atoms with van der Waals surface area (Å²) in [6.45, 7) is 3.57. The molecule has 4 nitrogen and oxygen atoms in total. The van der Waals surface area contributed by atoms with Crippen molar-refractivity contribution in [2.75, 3.05) is 0 Å². The second kappa shape index (κ2) is 5.85. The molecule has 1 aromatic heterocycles. The summed E-state index contributed by atoms with van der Waals surface area (Å²) in [5, 5.41) is 6.32. The Morgan fingerprint density at radius 3 is 2.59 bits per heavy atom. The number of nitrogens with one attached hydrogen (secondary N) is 1. The topological polar surface area (TPSA) is 54.6 Å². The normalized spacial score (nSPS) is 11.2. The molecule has 4 heteroatoms. The van der Waals surface area contributed by atoms with E-state index >= 15 is 0 Å². The molecule has 3 aromatic rings. The molecule has 1 N–H and O–H groups in total.